The maximum Gasteiger partial charge on any atom is 0.310 e. The Hall–Kier alpha value is -1.62. The average Bonchev–Trinajstić information content (AvgIpc) is 2.47. The molecule has 5 nitrogen and oxygen atoms in total. The van der Waals surface area contributed by atoms with E-state index in [-0.39, 0.29) is 17.8 Å². The van der Waals surface area contributed by atoms with Crippen molar-refractivity contribution in [1.82, 2.24) is 9.88 Å². The predicted octanol–water partition coefficient (Wildman–Crippen LogP) is 2.15. The topological polar surface area (TPSA) is 59.5 Å². The fraction of sp³-hybridized carbons (Fsp3) is 0.500. The number of ether oxygens (including phenoxy) is 1. The summed E-state index contributed by atoms with van der Waals surface area (Å²) < 4.78 is 5.02. The fourth-order valence-electron chi connectivity index (χ4n) is 2.30. The van der Waals surface area contributed by atoms with Crippen LogP contribution in [0.15, 0.2) is 18.3 Å². The summed E-state index contributed by atoms with van der Waals surface area (Å²) >= 11 is 5.86. The Morgan fingerprint density at radius 2 is 2.35 bits per heavy atom. The van der Waals surface area contributed by atoms with Gasteiger partial charge in [-0.3, -0.25) is 14.6 Å². The number of halogens is 1. The van der Waals surface area contributed by atoms with Crippen molar-refractivity contribution < 1.29 is 14.3 Å². The van der Waals surface area contributed by atoms with Crippen LogP contribution in [-0.4, -0.2) is 41.5 Å². The maximum atomic E-state index is 12.3. The summed E-state index contributed by atoms with van der Waals surface area (Å²) in [6, 6.07) is 3.16. The van der Waals surface area contributed by atoms with Crippen molar-refractivity contribution >= 4 is 23.5 Å². The van der Waals surface area contributed by atoms with Gasteiger partial charge in [-0.25, -0.2) is 0 Å². The van der Waals surface area contributed by atoms with Gasteiger partial charge < -0.3 is 9.64 Å². The molecule has 0 radical (unpaired) electrons. The molecule has 1 atom stereocenters. The van der Waals surface area contributed by atoms with Crippen LogP contribution in [-0.2, 0) is 9.53 Å². The van der Waals surface area contributed by atoms with E-state index in [4.69, 9.17) is 16.3 Å². The predicted molar refractivity (Wildman–Crippen MR) is 74.5 cm³/mol. The fourth-order valence-corrected chi connectivity index (χ4v) is 2.46. The second-order valence-electron chi connectivity index (χ2n) is 4.70. The third kappa shape index (κ3) is 3.48. The Kier molecular flexibility index (Phi) is 4.95. The standard InChI is InChI=1S/C14H17ClN2O3/c1-2-20-14(19)10-4-3-7-17(9-10)13(18)12-8-11(15)5-6-16-12/h5-6,8,10H,2-4,7,9H2,1H3. The zero-order valence-electron chi connectivity index (χ0n) is 11.3. The lowest BCUT2D eigenvalue weighted by Crippen LogP contribution is -2.43. The number of amides is 1. The van der Waals surface area contributed by atoms with Gasteiger partial charge in [0.2, 0.25) is 0 Å². The molecule has 1 aromatic heterocycles. The third-order valence-corrected chi connectivity index (χ3v) is 3.50. The van der Waals surface area contributed by atoms with E-state index in [1.165, 1.54) is 12.3 Å². The first-order chi connectivity index (χ1) is 9.61. The molecule has 108 valence electrons. The number of aromatic nitrogens is 1. The van der Waals surface area contributed by atoms with Crippen LogP contribution in [0.25, 0.3) is 0 Å². The normalized spacial score (nSPS) is 18.7. The highest BCUT2D eigenvalue weighted by Gasteiger charge is 2.30. The molecule has 0 saturated carbocycles. The molecule has 1 aromatic rings. The quantitative estimate of drug-likeness (QED) is 0.802. The summed E-state index contributed by atoms with van der Waals surface area (Å²) in [6.07, 6.45) is 3.05. The van der Waals surface area contributed by atoms with Gasteiger partial charge in [0.15, 0.2) is 0 Å². The monoisotopic (exact) mass is 296 g/mol. The van der Waals surface area contributed by atoms with Gasteiger partial charge in [0.05, 0.1) is 12.5 Å². The SMILES string of the molecule is CCOC(=O)C1CCCN(C(=O)c2cc(Cl)ccn2)C1. The molecular weight excluding hydrogens is 280 g/mol. The summed E-state index contributed by atoms with van der Waals surface area (Å²) in [5, 5.41) is 0.474. The molecule has 0 bridgehead atoms. The van der Waals surface area contributed by atoms with Crippen molar-refractivity contribution in [3.63, 3.8) is 0 Å². The van der Waals surface area contributed by atoms with Crippen molar-refractivity contribution in [2.45, 2.75) is 19.8 Å². The van der Waals surface area contributed by atoms with Crippen LogP contribution in [0.3, 0.4) is 0 Å². The maximum absolute atomic E-state index is 12.3. The molecule has 1 fully saturated rings. The Balaban J connectivity index is 2.05. The number of rotatable bonds is 3. The highest BCUT2D eigenvalue weighted by atomic mass is 35.5. The Bertz CT molecular complexity index is 507. The number of hydrogen-bond donors (Lipinski definition) is 0. The molecule has 0 spiro atoms. The van der Waals surface area contributed by atoms with E-state index < -0.39 is 0 Å². The first-order valence-corrected chi connectivity index (χ1v) is 7.07. The van der Waals surface area contributed by atoms with Crippen molar-refractivity contribution in [1.29, 1.82) is 0 Å². The molecule has 0 aliphatic carbocycles. The van der Waals surface area contributed by atoms with Gasteiger partial charge in [-0.1, -0.05) is 11.6 Å². The molecule has 1 amide bonds. The van der Waals surface area contributed by atoms with Gasteiger partial charge in [-0.2, -0.15) is 0 Å². The molecule has 0 N–H and O–H groups in total. The lowest BCUT2D eigenvalue weighted by Gasteiger charge is -2.31. The van der Waals surface area contributed by atoms with E-state index >= 15 is 0 Å². The molecule has 2 rings (SSSR count). The van der Waals surface area contributed by atoms with Crippen molar-refractivity contribution in [2.75, 3.05) is 19.7 Å². The lowest BCUT2D eigenvalue weighted by atomic mass is 9.98. The second kappa shape index (κ2) is 6.70. The number of carbonyl (C=O) groups is 2. The van der Waals surface area contributed by atoms with E-state index in [2.05, 4.69) is 4.98 Å². The van der Waals surface area contributed by atoms with E-state index in [1.54, 1.807) is 17.9 Å². The van der Waals surface area contributed by atoms with Crippen LogP contribution in [0.4, 0.5) is 0 Å². The summed E-state index contributed by atoms with van der Waals surface area (Å²) in [5.74, 6) is -0.669. The lowest BCUT2D eigenvalue weighted by molar-refractivity contribution is -0.149. The van der Waals surface area contributed by atoms with Gasteiger partial charge in [0.25, 0.3) is 5.91 Å². The third-order valence-electron chi connectivity index (χ3n) is 3.27. The van der Waals surface area contributed by atoms with Gasteiger partial charge in [-0.05, 0) is 31.9 Å². The van der Waals surface area contributed by atoms with Crippen LogP contribution in [0.5, 0.6) is 0 Å². The molecule has 0 aromatic carbocycles. The van der Waals surface area contributed by atoms with Gasteiger partial charge in [-0.15, -0.1) is 0 Å². The molecule has 6 heteroatoms. The van der Waals surface area contributed by atoms with Gasteiger partial charge in [0, 0.05) is 24.3 Å². The molecule has 20 heavy (non-hydrogen) atoms. The number of pyridine rings is 1. The van der Waals surface area contributed by atoms with Crippen LogP contribution in [0, 0.1) is 5.92 Å². The molecule has 1 unspecified atom stereocenters. The van der Waals surface area contributed by atoms with Crippen molar-refractivity contribution in [2.24, 2.45) is 5.92 Å². The van der Waals surface area contributed by atoms with Crippen LogP contribution in [0.2, 0.25) is 5.02 Å². The zero-order valence-corrected chi connectivity index (χ0v) is 12.1. The second-order valence-corrected chi connectivity index (χ2v) is 5.14. The van der Waals surface area contributed by atoms with E-state index in [0.717, 1.165) is 12.8 Å². The molecule has 2 heterocycles. The summed E-state index contributed by atoms with van der Waals surface area (Å²) in [7, 11) is 0. The molecule has 1 aliphatic heterocycles. The summed E-state index contributed by atoms with van der Waals surface area (Å²) in [6.45, 7) is 3.15. The van der Waals surface area contributed by atoms with Crippen LogP contribution >= 0.6 is 11.6 Å². The van der Waals surface area contributed by atoms with Gasteiger partial charge in [0.1, 0.15) is 5.69 Å². The Labute approximate surface area is 122 Å². The first kappa shape index (κ1) is 14.8. The minimum atomic E-state index is -0.244. The summed E-state index contributed by atoms with van der Waals surface area (Å²) in [5.41, 5.74) is 0.307. The highest BCUT2D eigenvalue weighted by molar-refractivity contribution is 6.30. The Morgan fingerprint density at radius 1 is 1.55 bits per heavy atom. The number of piperidine rings is 1. The minimum absolute atomic E-state index is 0.193. The number of esters is 1. The smallest absolute Gasteiger partial charge is 0.310 e. The summed E-state index contributed by atoms with van der Waals surface area (Å²) in [4.78, 5) is 29.8. The minimum Gasteiger partial charge on any atom is -0.466 e. The largest absolute Gasteiger partial charge is 0.466 e. The van der Waals surface area contributed by atoms with E-state index in [0.29, 0.717) is 30.4 Å². The number of hydrogen-bond acceptors (Lipinski definition) is 4. The first-order valence-electron chi connectivity index (χ1n) is 6.69. The Morgan fingerprint density at radius 3 is 3.05 bits per heavy atom. The average molecular weight is 297 g/mol. The van der Waals surface area contributed by atoms with E-state index in [9.17, 15) is 9.59 Å². The van der Waals surface area contributed by atoms with Crippen LogP contribution in [0.1, 0.15) is 30.3 Å². The molecule has 1 saturated heterocycles. The van der Waals surface area contributed by atoms with Crippen molar-refractivity contribution in [3.05, 3.63) is 29.0 Å². The molecule has 1 aliphatic rings. The van der Waals surface area contributed by atoms with E-state index in [1.807, 2.05) is 0 Å². The van der Waals surface area contributed by atoms with Gasteiger partial charge >= 0.3 is 5.97 Å². The number of carbonyl (C=O) groups excluding carboxylic acids is 2. The zero-order chi connectivity index (χ0) is 14.5. The number of nitrogens with zero attached hydrogens (tertiary/aromatic N) is 2. The molecular formula is C14H17ClN2O3. The van der Waals surface area contributed by atoms with Crippen LogP contribution < -0.4 is 0 Å². The highest BCUT2D eigenvalue weighted by Crippen LogP contribution is 2.20. The number of likely N-dealkylation sites (tertiary alicyclic amines) is 1. The van der Waals surface area contributed by atoms with Crippen molar-refractivity contribution in [3.8, 4) is 0 Å².